The molecule has 0 bridgehead atoms. The minimum absolute atomic E-state index is 0.0692. The third-order valence-corrected chi connectivity index (χ3v) is 11.4. The first kappa shape index (κ1) is 27.5. The number of amides is 1. The summed E-state index contributed by atoms with van der Waals surface area (Å²) in [4.78, 5) is 28.5. The molecule has 1 saturated heterocycles. The molecule has 0 unspecified atom stereocenters. The number of hydrogen-bond donors (Lipinski definition) is 1. The second-order valence-electron chi connectivity index (χ2n) is 11.2. The maximum Gasteiger partial charge on any atom is 0.304 e. The zero-order valence-corrected chi connectivity index (χ0v) is 23.7. The quantitative estimate of drug-likeness (QED) is 0.359. The van der Waals surface area contributed by atoms with Gasteiger partial charge in [0.25, 0.3) is 0 Å². The summed E-state index contributed by atoms with van der Waals surface area (Å²) >= 11 is 12.6. The number of likely N-dealkylation sites (tertiary alicyclic amines) is 1. The van der Waals surface area contributed by atoms with Gasteiger partial charge in [0.05, 0.1) is 28.9 Å². The summed E-state index contributed by atoms with van der Waals surface area (Å²) in [6.07, 6.45) is 3.38. The maximum atomic E-state index is 14.6. The van der Waals surface area contributed by atoms with Crippen molar-refractivity contribution in [3.63, 3.8) is 0 Å². The first-order valence-corrected chi connectivity index (χ1v) is 15.8. The predicted octanol–water partition coefficient (Wildman–Crippen LogP) is 6.28. The molecule has 4 atom stereocenters. The van der Waals surface area contributed by atoms with Gasteiger partial charge >= 0.3 is 5.97 Å². The fourth-order valence-corrected chi connectivity index (χ4v) is 8.60. The standard InChI is InChI=1S/C29H33Cl2NO5S/c1-2-29(16-26(33)34)15-24(20-4-3-5-22(31)14-20)27(19-8-10-21(30)11-9-19)32(28(29)35)25(18-6-7-18)17-38(36,37)23-12-13-23/h3-5,8-11,14,18,23-25,27H,2,6-7,12-13,15-17H2,1H3,(H,33,34)/t24-,25-,27-,29+/m1/s1. The number of carboxylic acid groups (broad SMARTS) is 1. The molecule has 6 nitrogen and oxygen atoms in total. The monoisotopic (exact) mass is 577 g/mol. The second kappa shape index (κ2) is 10.5. The van der Waals surface area contributed by atoms with Crippen LogP contribution >= 0.6 is 23.2 Å². The summed E-state index contributed by atoms with van der Waals surface area (Å²) in [7, 11) is -3.38. The highest BCUT2D eigenvalue weighted by atomic mass is 35.5. The van der Waals surface area contributed by atoms with Crippen LogP contribution in [0.5, 0.6) is 0 Å². The number of carbonyl (C=O) groups excluding carboxylic acids is 1. The number of nitrogens with zero attached hydrogens (tertiary/aromatic N) is 1. The van der Waals surface area contributed by atoms with E-state index in [1.54, 1.807) is 23.1 Å². The summed E-state index contributed by atoms with van der Waals surface area (Å²) in [6.45, 7) is 1.85. The van der Waals surface area contributed by atoms with E-state index >= 15 is 0 Å². The van der Waals surface area contributed by atoms with Crippen LogP contribution < -0.4 is 0 Å². The topological polar surface area (TPSA) is 91.8 Å². The predicted molar refractivity (Wildman–Crippen MR) is 148 cm³/mol. The molecule has 5 rings (SSSR count). The third kappa shape index (κ3) is 5.47. The lowest BCUT2D eigenvalue weighted by Gasteiger charge is -2.53. The van der Waals surface area contributed by atoms with Crippen LogP contribution in [-0.2, 0) is 19.4 Å². The fourth-order valence-electron chi connectivity index (χ4n) is 6.24. The molecule has 204 valence electrons. The van der Waals surface area contributed by atoms with Gasteiger partial charge in [-0.2, -0.15) is 0 Å². The number of benzene rings is 2. The smallest absolute Gasteiger partial charge is 0.304 e. The van der Waals surface area contributed by atoms with E-state index in [2.05, 4.69) is 0 Å². The first-order valence-electron chi connectivity index (χ1n) is 13.3. The minimum Gasteiger partial charge on any atom is -0.481 e. The van der Waals surface area contributed by atoms with Gasteiger partial charge in [-0.3, -0.25) is 9.59 Å². The normalized spacial score (nSPS) is 26.8. The third-order valence-electron chi connectivity index (χ3n) is 8.59. The lowest BCUT2D eigenvalue weighted by Crippen LogP contribution is -2.59. The van der Waals surface area contributed by atoms with Gasteiger partial charge in [-0.25, -0.2) is 8.42 Å². The van der Waals surface area contributed by atoms with Crippen LogP contribution in [0.1, 0.15) is 75.0 Å². The first-order chi connectivity index (χ1) is 18.0. The van der Waals surface area contributed by atoms with Gasteiger partial charge in [0.15, 0.2) is 9.84 Å². The van der Waals surface area contributed by atoms with E-state index in [-0.39, 0.29) is 35.2 Å². The summed E-state index contributed by atoms with van der Waals surface area (Å²) in [5.41, 5.74) is 0.595. The van der Waals surface area contributed by atoms with Crippen LogP contribution in [0.3, 0.4) is 0 Å². The van der Waals surface area contributed by atoms with Gasteiger partial charge < -0.3 is 10.0 Å². The largest absolute Gasteiger partial charge is 0.481 e. The number of hydrogen-bond acceptors (Lipinski definition) is 4. The Hall–Kier alpha value is -2.09. The summed E-state index contributed by atoms with van der Waals surface area (Å²) in [5.74, 6) is -1.60. The molecule has 2 aromatic carbocycles. The Morgan fingerprint density at radius 3 is 2.29 bits per heavy atom. The number of carbonyl (C=O) groups is 2. The molecule has 38 heavy (non-hydrogen) atoms. The van der Waals surface area contributed by atoms with Crippen LogP contribution in [0, 0.1) is 11.3 Å². The maximum absolute atomic E-state index is 14.6. The average molecular weight is 579 g/mol. The number of sulfone groups is 1. The second-order valence-corrected chi connectivity index (χ2v) is 14.4. The Balaban J connectivity index is 1.70. The lowest BCUT2D eigenvalue weighted by atomic mass is 9.65. The van der Waals surface area contributed by atoms with Crippen molar-refractivity contribution < 1.29 is 23.1 Å². The van der Waals surface area contributed by atoms with Crippen molar-refractivity contribution in [3.05, 3.63) is 69.7 Å². The zero-order valence-electron chi connectivity index (χ0n) is 21.4. The van der Waals surface area contributed by atoms with E-state index in [4.69, 9.17) is 23.2 Å². The Morgan fingerprint density at radius 1 is 1.05 bits per heavy atom. The van der Waals surface area contributed by atoms with Gasteiger partial charge in [-0.05, 0) is 79.8 Å². The molecule has 1 aliphatic heterocycles. The Labute approximate surface area is 234 Å². The number of carboxylic acids is 1. The summed E-state index contributed by atoms with van der Waals surface area (Å²) in [5, 5.41) is 10.7. The van der Waals surface area contributed by atoms with E-state index in [1.165, 1.54) is 0 Å². The van der Waals surface area contributed by atoms with Crippen molar-refractivity contribution >= 4 is 44.9 Å². The van der Waals surface area contributed by atoms with Gasteiger partial charge in [-0.1, -0.05) is 54.4 Å². The van der Waals surface area contributed by atoms with E-state index in [1.807, 2.05) is 37.3 Å². The van der Waals surface area contributed by atoms with Crippen molar-refractivity contribution in [2.24, 2.45) is 11.3 Å². The lowest BCUT2D eigenvalue weighted by molar-refractivity contribution is -0.162. The van der Waals surface area contributed by atoms with E-state index in [0.29, 0.717) is 35.7 Å². The SMILES string of the molecule is CC[C@@]1(CC(=O)O)C[C@H](c2cccc(Cl)c2)[C@@H](c2ccc(Cl)cc2)N([C@H](CS(=O)(=O)C2CC2)C2CC2)C1=O. The molecule has 0 radical (unpaired) electrons. The van der Waals surface area contributed by atoms with E-state index in [0.717, 1.165) is 24.0 Å². The molecule has 3 fully saturated rings. The van der Waals surface area contributed by atoms with E-state index in [9.17, 15) is 23.1 Å². The number of aliphatic carboxylic acids is 1. The zero-order chi connectivity index (χ0) is 27.2. The molecule has 2 saturated carbocycles. The van der Waals surface area contributed by atoms with Crippen LogP contribution in [0.2, 0.25) is 10.0 Å². The Morgan fingerprint density at radius 2 is 1.74 bits per heavy atom. The summed E-state index contributed by atoms with van der Waals surface area (Å²) in [6, 6.07) is 13.8. The average Bonchev–Trinajstić information content (AvgIpc) is 3.76. The van der Waals surface area contributed by atoms with Crippen LogP contribution in [0.15, 0.2) is 48.5 Å². The molecule has 0 aromatic heterocycles. The Kier molecular flexibility index (Phi) is 7.57. The van der Waals surface area contributed by atoms with Gasteiger partial charge in [0.2, 0.25) is 5.91 Å². The van der Waals surface area contributed by atoms with Crippen molar-refractivity contribution in [1.29, 1.82) is 0 Å². The molecule has 1 amide bonds. The van der Waals surface area contributed by atoms with Crippen molar-refractivity contribution in [3.8, 4) is 0 Å². The number of rotatable bonds is 10. The Bertz CT molecular complexity index is 1320. The molecule has 2 aromatic rings. The molecular weight excluding hydrogens is 545 g/mol. The molecule has 9 heteroatoms. The molecular formula is C29H33Cl2NO5S. The fraction of sp³-hybridized carbons (Fsp3) is 0.517. The molecule has 2 aliphatic carbocycles. The van der Waals surface area contributed by atoms with Crippen molar-refractivity contribution in [2.45, 2.75) is 75.1 Å². The van der Waals surface area contributed by atoms with Gasteiger partial charge in [0.1, 0.15) is 0 Å². The van der Waals surface area contributed by atoms with Gasteiger partial charge in [0, 0.05) is 22.0 Å². The molecule has 0 spiro atoms. The van der Waals surface area contributed by atoms with Gasteiger partial charge in [-0.15, -0.1) is 0 Å². The molecule has 1 N–H and O–H groups in total. The molecule has 3 aliphatic rings. The van der Waals surface area contributed by atoms with Crippen molar-refractivity contribution in [2.75, 3.05) is 5.75 Å². The van der Waals surface area contributed by atoms with E-state index < -0.39 is 33.3 Å². The van der Waals surface area contributed by atoms with Crippen LogP contribution in [0.25, 0.3) is 0 Å². The minimum atomic E-state index is -3.38. The van der Waals surface area contributed by atoms with Crippen LogP contribution in [0.4, 0.5) is 0 Å². The molecule has 1 heterocycles. The highest BCUT2D eigenvalue weighted by Gasteiger charge is 2.56. The van der Waals surface area contributed by atoms with Crippen molar-refractivity contribution in [1.82, 2.24) is 4.90 Å². The van der Waals surface area contributed by atoms with Crippen LogP contribution in [-0.4, -0.2) is 47.3 Å². The highest BCUT2D eigenvalue weighted by Crippen LogP contribution is 2.55. The summed E-state index contributed by atoms with van der Waals surface area (Å²) < 4.78 is 26.6. The number of piperidine rings is 1. The number of halogens is 2. The highest BCUT2D eigenvalue weighted by molar-refractivity contribution is 7.92.